The van der Waals surface area contributed by atoms with E-state index in [1.165, 1.54) is 19.3 Å². The first kappa shape index (κ1) is 14.2. The second-order valence-corrected chi connectivity index (χ2v) is 5.98. The average Bonchev–Trinajstić information content (AvgIpc) is 2.26. The van der Waals surface area contributed by atoms with Crippen molar-refractivity contribution in [2.24, 2.45) is 5.73 Å². The molecule has 5 heteroatoms. The number of hydrogen-bond acceptors (Lipinski definition) is 4. The molecular formula is C14H22N4S. The molecule has 0 aliphatic heterocycles. The summed E-state index contributed by atoms with van der Waals surface area (Å²) in [4.78, 5) is 7.21. The van der Waals surface area contributed by atoms with Crippen LogP contribution in [0.4, 0.5) is 5.82 Å². The molecule has 0 amide bonds. The maximum Gasteiger partial charge on any atom is 0.136 e. The molecule has 4 nitrogen and oxygen atoms in total. The Kier molecular flexibility index (Phi) is 4.06. The summed E-state index contributed by atoms with van der Waals surface area (Å²) in [5, 5.41) is 3.44. The van der Waals surface area contributed by atoms with E-state index in [0.29, 0.717) is 4.99 Å². The van der Waals surface area contributed by atoms with Crippen LogP contribution in [0.2, 0.25) is 0 Å². The van der Waals surface area contributed by atoms with E-state index < -0.39 is 0 Å². The molecule has 1 heterocycles. The summed E-state index contributed by atoms with van der Waals surface area (Å²) in [5.41, 5.74) is 7.80. The van der Waals surface area contributed by atoms with E-state index in [2.05, 4.69) is 29.3 Å². The highest BCUT2D eigenvalue weighted by molar-refractivity contribution is 7.80. The van der Waals surface area contributed by atoms with Gasteiger partial charge in [-0.2, -0.15) is 0 Å². The van der Waals surface area contributed by atoms with Crippen LogP contribution in [0, 0.1) is 6.92 Å². The van der Waals surface area contributed by atoms with Crippen LogP contribution >= 0.6 is 12.2 Å². The summed E-state index contributed by atoms with van der Waals surface area (Å²) in [7, 11) is 4.28. The highest BCUT2D eigenvalue weighted by atomic mass is 32.1. The standard InChI is InChI=1S/C14H22N4S/c1-10-5-6-11(12(15)19)13(17-10)16-9-14(18(2)3)7-4-8-14/h5-6H,4,7-9H2,1-3H3,(H2,15,19)(H,16,17). The van der Waals surface area contributed by atoms with E-state index in [9.17, 15) is 0 Å². The molecule has 1 aromatic heterocycles. The van der Waals surface area contributed by atoms with Gasteiger partial charge in [0.25, 0.3) is 0 Å². The Labute approximate surface area is 120 Å². The van der Waals surface area contributed by atoms with E-state index in [1.54, 1.807) is 0 Å². The van der Waals surface area contributed by atoms with Gasteiger partial charge in [0.15, 0.2) is 0 Å². The van der Waals surface area contributed by atoms with Crippen LogP contribution in [0.5, 0.6) is 0 Å². The first-order valence-corrected chi connectivity index (χ1v) is 7.04. The second-order valence-electron chi connectivity index (χ2n) is 5.54. The fourth-order valence-corrected chi connectivity index (χ4v) is 2.67. The number of thiocarbonyl (C=S) groups is 1. The van der Waals surface area contributed by atoms with Gasteiger partial charge < -0.3 is 16.0 Å². The Hall–Kier alpha value is -1.20. The van der Waals surface area contributed by atoms with Crippen molar-refractivity contribution in [1.82, 2.24) is 9.88 Å². The van der Waals surface area contributed by atoms with Gasteiger partial charge in [0.1, 0.15) is 10.8 Å². The Balaban J connectivity index is 2.15. The van der Waals surface area contributed by atoms with Gasteiger partial charge in [-0.25, -0.2) is 4.98 Å². The van der Waals surface area contributed by atoms with E-state index in [0.717, 1.165) is 23.6 Å². The third-order valence-electron chi connectivity index (χ3n) is 4.12. The molecule has 0 aromatic carbocycles. The number of anilines is 1. The van der Waals surface area contributed by atoms with Crippen LogP contribution in [0.3, 0.4) is 0 Å². The van der Waals surface area contributed by atoms with Crippen molar-refractivity contribution in [2.45, 2.75) is 31.7 Å². The Bertz CT molecular complexity index is 480. The lowest BCUT2D eigenvalue weighted by atomic mass is 9.75. The zero-order chi connectivity index (χ0) is 14.0. The number of nitrogens with one attached hydrogen (secondary N) is 1. The maximum absolute atomic E-state index is 5.75. The molecule has 1 aromatic rings. The highest BCUT2D eigenvalue weighted by Crippen LogP contribution is 2.36. The molecule has 19 heavy (non-hydrogen) atoms. The number of hydrogen-bond donors (Lipinski definition) is 2. The van der Waals surface area contributed by atoms with Crippen molar-refractivity contribution >= 4 is 23.0 Å². The third kappa shape index (κ3) is 2.87. The molecule has 1 aliphatic rings. The lowest BCUT2D eigenvalue weighted by molar-refractivity contribution is 0.0738. The molecule has 1 aliphatic carbocycles. The molecule has 0 radical (unpaired) electrons. The Morgan fingerprint density at radius 3 is 2.63 bits per heavy atom. The number of pyridine rings is 1. The molecule has 2 rings (SSSR count). The molecule has 0 unspecified atom stereocenters. The second kappa shape index (κ2) is 5.43. The van der Waals surface area contributed by atoms with Gasteiger partial charge in [-0.1, -0.05) is 12.2 Å². The van der Waals surface area contributed by atoms with Crippen molar-refractivity contribution < 1.29 is 0 Å². The highest BCUT2D eigenvalue weighted by Gasteiger charge is 2.38. The molecule has 0 atom stereocenters. The zero-order valence-electron chi connectivity index (χ0n) is 11.9. The normalized spacial score (nSPS) is 17.1. The number of likely N-dealkylation sites (N-methyl/N-ethyl adjacent to an activating group) is 1. The molecule has 3 N–H and O–H groups in total. The van der Waals surface area contributed by atoms with E-state index in [-0.39, 0.29) is 5.54 Å². The summed E-state index contributed by atoms with van der Waals surface area (Å²) < 4.78 is 0. The first-order chi connectivity index (χ1) is 8.94. The predicted octanol–water partition coefficient (Wildman–Crippen LogP) is 1.92. The lowest BCUT2D eigenvalue weighted by Gasteiger charge is -2.47. The summed E-state index contributed by atoms with van der Waals surface area (Å²) in [6.07, 6.45) is 3.74. The zero-order valence-corrected chi connectivity index (χ0v) is 12.7. The quantitative estimate of drug-likeness (QED) is 0.806. The van der Waals surface area contributed by atoms with E-state index in [1.807, 2.05) is 19.1 Å². The largest absolute Gasteiger partial charge is 0.389 e. The van der Waals surface area contributed by atoms with E-state index in [4.69, 9.17) is 18.0 Å². The summed E-state index contributed by atoms with van der Waals surface area (Å²) in [6, 6.07) is 3.88. The molecular weight excluding hydrogens is 256 g/mol. The van der Waals surface area contributed by atoms with Gasteiger partial charge in [-0.15, -0.1) is 0 Å². The minimum atomic E-state index is 0.249. The van der Waals surface area contributed by atoms with Gasteiger partial charge in [-0.05, 0) is 52.4 Å². The number of aryl methyl sites for hydroxylation is 1. The smallest absolute Gasteiger partial charge is 0.136 e. The topological polar surface area (TPSA) is 54.2 Å². The van der Waals surface area contributed by atoms with Crippen LogP contribution in [-0.4, -0.2) is 41.1 Å². The van der Waals surface area contributed by atoms with Crippen molar-refractivity contribution in [2.75, 3.05) is 26.0 Å². The van der Waals surface area contributed by atoms with E-state index >= 15 is 0 Å². The SMILES string of the molecule is Cc1ccc(C(N)=S)c(NCC2(N(C)C)CCC2)n1. The Morgan fingerprint density at radius 1 is 1.47 bits per heavy atom. The Morgan fingerprint density at radius 2 is 2.16 bits per heavy atom. The van der Waals surface area contributed by atoms with Crippen molar-refractivity contribution in [3.63, 3.8) is 0 Å². The fraction of sp³-hybridized carbons (Fsp3) is 0.571. The van der Waals surface area contributed by atoms with Crippen LogP contribution in [0.15, 0.2) is 12.1 Å². The van der Waals surface area contributed by atoms with Crippen LogP contribution in [0.1, 0.15) is 30.5 Å². The first-order valence-electron chi connectivity index (χ1n) is 6.63. The van der Waals surface area contributed by atoms with Crippen molar-refractivity contribution in [3.05, 3.63) is 23.4 Å². The number of nitrogens with zero attached hydrogens (tertiary/aromatic N) is 2. The maximum atomic E-state index is 5.75. The van der Waals surface area contributed by atoms with Crippen LogP contribution < -0.4 is 11.1 Å². The molecule has 0 saturated heterocycles. The molecule has 0 bridgehead atoms. The monoisotopic (exact) mass is 278 g/mol. The van der Waals surface area contributed by atoms with Crippen molar-refractivity contribution in [3.8, 4) is 0 Å². The average molecular weight is 278 g/mol. The predicted molar refractivity (Wildman–Crippen MR) is 83.6 cm³/mol. The van der Waals surface area contributed by atoms with Gasteiger partial charge in [0.2, 0.25) is 0 Å². The number of nitrogens with two attached hydrogens (primary N) is 1. The van der Waals surface area contributed by atoms with Gasteiger partial charge >= 0.3 is 0 Å². The molecule has 0 spiro atoms. The van der Waals surface area contributed by atoms with Gasteiger partial charge in [0, 0.05) is 17.8 Å². The fourth-order valence-electron chi connectivity index (χ4n) is 2.51. The van der Waals surface area contributed by atoms with Crippen LogP contribution in [0.25, 0.3) is 0 Å². The molecule has 1 fully saturated rings. The van der Waals surface area contributed by atoms with Gasteiger partial charge in [0.05, 0.1) is 5.56 Å². The summed E-state index contributed by atoms with van der Waals surface area (Å²) >= 11 is 5.08. The minimum Gasteiger partial charge on any atom is -0.389 e. The molecule has 104 valence electrons. The molecule has 1 saturated carbocycles. The minimum absolute atomic E-state index is 0.249. The van der Waals surface area contributed by atoms with Crippen molar-refractivity contribution in [1.29, 1.82) is 0 Å². The summed E-state index contributed by atoms with van der Waals surface area (Å²) in [6.45, 7) is 2.85. The lowest BCUT2D eigenvalue weighted by Crippen LogP contribution is -2.54. The summed E-state index contributed by atoms with van der Waals surface area (Å²) in [5.74, 6) is 0.806. The third-order valence-corrected chi connectivity index (χ3v) is 4.34. The van der Waals surface area contributed by atoms with Crippen LogP contribution in [-0.2, 0) is 0 Å². The number of aromatic nitrogens is 1. The van der Waals surface area contributed by atoms with Gasteiger partial charge in [-0.3, -0.25) is 0 Å². The number of rotatable bonds is 5.